The lowest BCUT2D eigenvalue weighted by Crippen LogP contribution is -2.40. The van der Waals surface area contributed by atoms with Crippen molar-refractivity contribution >= 4 is 12.7 Å². The predicted molar refractivity (Wildman–Crippen MR) is 83.9 cm³/mol. The Morgan fingerprint density at radius 1 is 0.765 bits per heavy atom. The molecule has 0 aliphatic carbocycles. The van der Waals surface area contributed by atoms with E-state index in [9.17, 15) is 5.11 Å². The van der Waals surface area contributed by atoms with Crippen molar-refractivity contribution in [2.75, 3.05) is 6.61 Å². The number of hydrogen-bond acceptors (Lipinski definition) is 1. The zero-order chi connectivity index (χ0) is 14.1. The quantitative estimate of drug-likeness (QED) is 0.720. The standard InChI is InChI=1S/C15H33OP/c1-13(2,3)17(12-10-11-16,14(4,5)6)15(7,8)9/h12,16H,10-11H2,1-9H3. The average Bonchev–Trinajstić information content (AvgIpc) is 1.96. The maximum absolute atomic E-state index is 9.21. The third-order valence-electron chi connectivity index (χ3n) is 3.71. The highest BCUT2D eigenvalue weighted by Crippen LogP contribution is 2.74. The SMILES string of the molecule is CC(C)(C)P(=CCCO)(C(C)(C)C)C(C)(C)C. The lowest BCUT2D eigenvalue weighted by molar-refractivity contribution is 0.308. The van der Waals surface area contributed by atoms with Crippen LogP contribution in [0.2, 0.25) is 0 Å². The minimum absolute atomic E-state index is 0.268. The van der Waals surface area contributed by atoms with E-state index >= 15 is 0 Å². The van der Waals surface area contributed by atoms with Gasteiger partial charge in [0, 0.05) is 6.61 Å². The van der Waals surface area contributed by atoms with Gasteiger partial charge in [0.2, 0.25) is 0 Å². The first kappa shape index (κ1) is 17.3. The molecule has 0 fully saturated rings. The predicted octanol–water partition coefficient (Wildman–Crippen LogP) is 4.58. The van der Waals surface area contributed by atoms with Crippen molar-refractivity contribution in [1.29, 1.82) is 0 Å². The molecule has 0 heterocycles. The van der Waals surface area contributed by atoms with E-state index in [0.29, 0.717) is 0 Å². The summed E-state index contributed by atoms with van der Waals surface area (Å²) in [6.45, 7) is 20.2. The lowest BCUT2D eigenvalue weighted by atomic mass is 10.2. The Morgan fingerprint density at radius 3 is 1.24 bits per heavy atom. The topological polar surface area (TPSA) is 20.2 Å². The van der Waals surface area contributed by atoms with Gasteiger partial charge in [0.25, 0.3) is 0 Å². The summed E-state index contributed by atoms with van der Waals surface area (Å²) in [5, 5.41) is 10.0. The van der Waals surface area contributed by atoms with Gasteiger partial charge >= 0.3 is 0 Å². The Morgan fingerprint density at radius 2 is 1.06 bits per heavy atom. The molecule has 0 aliphatic rings. The number of aliphatic hydroxyl groups is 1. The van der Waals surface area contributed by atoms with Crippen molar-refractivity contribution in [2.45, 2.75) is 84.2 Å². The van der Waals surface area contributed by atoms with Gasteiger partial charge in [-0.2, -0.15) is 0 Å². The summed E-state index contributed by atoms with van der Waals surface area (Å²) in [5.41, 5.74) is 0. The second-order valence-corrected chi connectivity index (χ2v) is 13.8. The van der Waals surface area contributed by atoms with E-state index in [1.165, 1.54) is 0 Å². The van der Waals surface area contributed by atoms with E-state index in [4.69, 9.17) is 0 Å². The Labute approximate surface area is 109 Å². The molecule has 0 unspecified atom stereocenters. The molecule has 0 amide bonds. The summed E-state index contributed by atoms with van der Waals surface area (Å²) < 4.78 is 0. The second kappa shape index (κ2) is 5.10. The van der Waals surface area contributed by atoms with Gasteiger partial charge < -0.3 is 5.11 Å². The van der Waals surface area contributed by atoms with E-state index in [1.54, 1.807) is 0 Å². The van der Waals surface area contributed by atoms with Crippen molar-refractivity contribution in [3.63, 3.8) is 0 Å². The minimum atomic E-state index is -1.35. The van der Waals surface area contributed by atoms with Crippen molar-refractivity contribution < 1.29 is 5.11 Å². The molecule has 0 rings (SSSR count). The normalized spacial score (nSPS) is 14.9. The molecule has 2 heteroatoms. The van der Waals surface area contributed by atoms with Crippen molar-refractivity contribution in [3.05, 3.63) is 0 Å². The molecular formula is C15H33OP. The maximum atomic E-state index is 9.21. The number of rotatable bonds is 2. The van der Waals surface area contributed by atoms with Crippen molar-refractivity contribution in [1.82, 2.24) is 0 Å². The first-order valence-electron chi connectivity index (χ1n) is 6.65. The molecule has 104 valence electrons. The van der Waals surface area contributed by atoms with Crippen molar-refractivity contribution in [2.24, 2.45) is 0 Å². The molecule has 0 bridgehead atoms. The largest absolute Gasteiger partial charge is 0.396 e. The van der Waals surface area contributed by atoms with Crippen molar-refractivity contribution in [3.8, 4) is 0 Å². The van der Waals surface area contributed by atoms with E-state index in [1.807, 2.05) is 0 Å². The maximum Gasteiger partial charge on any atom is 0.0465 e. The molecule has 0 atom stereocenters. The monoisotopic (exact) mass is 260 g/mol. The molecule has 17 heavy (non-hydrogen) atoms. The summed E-state index contributed by atoms with van der Waals surface area (Å²) in [6, 6.07) is 0. The molecular weight excluding hydrogens is 227 g/mol. The number of hydrogen-bond donors (Lipinski definition) is 1. The average molecular weight is 260 g/mol. The lowest BCUT2D eigenvalue weighted by Gasteiger charge is -2.56. The zero-order valence-corrected chi connectivity index (χ0v) is 14.3. The first-order valence-corrected chi connectivity index (χ1v) is 8.51. The van der Waals surface area contributed by atoms with Crippen LogP contribution in [0.25, 0.3) is 0 Å². The van der Waals surface area contributed by atoms with Crippen LogP contribution in [0, 0.1) is 0 Å². The molecule has 0 saturated carbocycles. The van der Waals surface area contributed by atoms with Crippen LogP contribution in [-0.4, -0.2) is 33.0 Å². The van der Waals surface area contributed by atoms with Gasteiger partial charge in [-0.3, -0.25) is 0 Å². The Bertz CT molecular complexity index is 252. The van der Waals surface area contributed by atoms with Gasteiger partial charge in [-0.15, -0.1) is 0 Å². The molecule has 1 N–H and O–H groups in total. The molecule has 0 aromatic heterocycles. The van der Waals surface area contributed by atoms with Crippen LogP contribution in [0.1, 0.15) is 68.7 Å². The molecule has 0 aromatic rings. The third kappa shape index (κ3) is 3.18. The summed E-state index contributed by atoms with van der Waals surface area (Å²) in [5.74, 6) is 2.48. The van der Waals surface area contributed by atoms with Crippen LogP contribution < -0.4 is 0 Å². The van der Waals surface area contributed by atoms with Gasteiger partial charge in [-0.1, -0.05) is 75.0 Å². The van der Waals surface area contributed by atoms with Crippen LogP contribution >= 0.6 is 6.89 Å². The van der Waals surface area contributed by atoms with Crippen LogP contribution in [-0.2, 0) is 0 Å². The summed E-state index contributed by atoms with van der Waals surface area (Å²) in [7, 11) is 0. The van der Waals surface area contributed by atoms with E-state index < -0.39 is 6.89 Å². The number of aliphatic hydroxyl groups excluding tert-OH is 1. The van der Waals surface area contributed by atoms with Gasteiger partial charge in [0.05, 0.1) is 0 Å². The molecule has 0 saturated heterocycles. The minimum Gasteiger partial charge on any atom is -0.396 e. The van der Waals surface area contributed by atoms with Crippen LogP contribution in [0.15, 0.2) is 0 Å². The molecule has 0 spiro atoms. The zero-order valence-electron chi connectivity index (χ0n) is 13.4. The van der Waals surface area contributed by atoms with Gasteiger partial charge in [-0.05, 0) is 21.9 Å². The molecule has 0 aliphatic heterocycles. The Balaban J connectivity index is 6.15. The molecule has 1 nitrogen and oxygen atoms in total. The summed E-state index contributed by atoms with van der Waals surface area (Å²) in [6.07, 6.45) is 0.819. The first-order chi connectivity index (χ1) is 7.31. The Hall–Kier alpha value is 0.260. The van der Waals surface area contributed by atoms with Gasteiger partial charge in [0.15, 0.2) is 0 Å². The van der Waals surface area contributed by atoms with Gasteiger partial charge in [-0.25, -0.2) is 0 Å². The fraction of sp³-hybridized carbons (Fsp3) is 0.933. The summed E-state index contributed by atoms with van der Waals surface area (Å²) in [4.78, 5) is 0. The van der Waals surface area contributed by atoms with E-state index in [0.717, 1.165) is 6.42 Å². The van der Waals surface area contributed by atoms with Gasteiger partial charge in [0.1, 0.15) is 0 Å². The van der Waals surface area contributed by atoms with Crippen LogP contribution in [0.4, 0.5) is 0 Å². The Kier molecular flexibility index (Phi) is 5.17. The highest BCUT2D eigenvalue weighted by molar-refractivity contribution is 7.78. The van der Waals surface area contributed by atoms with E-state index in [2.05, 4.69) is 68.1 Å². The fourth-order valence-electron chi connectivity index (χ4n) is 4.09. The second-order valence-electron chi connectivity index (χ2n) is 7.93. The third-order valence-corrected chi connectivity index (χ3v) is 10.9. The van der Waals surface area contributed by atoms with Crippen LogP contribution in [0.5, 0.6) is 0 Å². The molecule has 0 aromatic carbocycles. The summed E-state index contributed by atoms with van der Waals surface area (Å²) >= 11 is 0. The molecule has 0 radical (unpaired) electrons. The van der Waals surface area contributed by atoms with Crippen LogP contribution in [0.3, 0.4) is 0 Å². The highest BCUT2D eigenvalue weighted by atomic mass is 31.2. The smallest absolute Gasteiger partial charge is 0.0465 e. The highest BCUT2D eigenvalue weighted by Gasteiger charge is 2.48. The van der Waals surface area contributed by atoms with E-state index in [-0.39, 0.29) is 22.1 Å². The fourth-order valence-corrected chi connectivity index (χ4v) is 12.3.